The number of rotatable bonds is 0. The molecule has 0 N–H and O–H groups in total. The summed E-state index contributed by atoms with van der Waals surface area (Å²) >= 11 is 0. The lowest BCUT2D eigenvalue weighted by Gasteiger charge is -2.30. The first-order valence-corrected chi connectivity index (χ1v) is 5.28. The van der Waals surface area contributed by atoms with E-state index in [1.165, 1.54) is 0 Å². The van der Waals surface area contributed by atoms with Gasteiger partial charge in [-0.2, -0.15) is 0 Å². The Morgan fingerprint density at radius 2 is 2.20 bits per heavy atom. The Morgan fingerprint density at radius 1 is 1.40 bits per heavy atom. The summed E-state index contributed by atoms with van der Waals surface area (Å²) in [5, 5.41) is 0. The second-order valence-electron chi connectivity index (χ2n) is 4.24. The van der Waals surface area contributed by atoms with Crippen molar-refractivity contribution < 1.29 is 9.53 Å². The van der Waals surface area contributed by atoms with Gasteiger partial charge in [-0.15, -0.1) is 0 Å². The van der Waals surface area contributed by atoms with Crippen LogP contribution in [0.15, 0.2) is 24.3 Å². The zero-order valence-electron chi connectivity index (χ0n) is 8.69. The van der Waals surface area contributed by atoms with Gasteiger partial charge in [0.2, 0.25) is 0 Å². The molecule has 15 heavy (non-hydrogen) atoms. The van der Waals surface area contributed by atoms with Gasteiger partial charge in [0.1, 0.15) is 0 Å². The minimum absolute atomic E-state index is 0.181. The summed E-state index contributed by atoms with van der Waals surface area (Å²) in [7, 11) is 2.02. The van der Waals surface area contributed by atoms with Gasteiger partial charge in [-0.3, -0.25) is 4.90 Å². The zero-order chi connectivity index (χ0) is 10.5. The van der Waals surface area contributed by atoms with Gasteiger partial charge < -0.3 is 4.74 Å². The van der Waals surface area contributed by atoms with Gasteiger partial charge in [0.25, 0.3) is 0 Å². The molecule has 0 amide bonds. The molecule has 0 saturated carbocycles. The van der Waals surface area contributed by atoms with Crippen molar-refractivity contribution in [3.63, 3.8) is 0 Å². The van der Waals surface area contributed by atoms with E-state index < -0.39 is 5.72 Å². The molecule has 0 radical (unpaired) electrons. The summed E-state index contributed by atoms with van der Waals surface area (Å²) in [4.78, 5) is 13.9. The third kappa shape index (κ3) is 1.01. The molecule has 1 aromatic carbocycles. The molecular formula is C12H13NO2. The van der Waals surface area contributed by atoms with Crippen LogP contribution < -0.4 is 0 Å². The average molecular weight is 203 g/mol. The maximum Gasteiger partial charge on any atom is 0.340 e. The Hall–Kier alpha value is -1.35. The van der Waals surface area contributed by atoms with Gasteiger partial charge >= 0.3 is 5.97 Å². The first-order chi connectivity index (χ1) is 7.24. The van der Waals surface area contributed by atoms with Gasteiger partial charge in [0.05, 0.1) is 5.56 Å². The van der Waals surface area contributed by atoms with Crippen LogP contribution in [0.3, 0.4) is 0 Å². The monoisotopic (exact) mass is 203 g/mol. The minimum Gasteiger partial charge on any atom is -0.436 e. The van der Waals surface area contributed by atoms with Crippen LogP contribution in [0.5, 0.6) is 0 Å². The average Bonchev–Trinajstić information content (AvgIpc) is 2.74. The van der Waals surface area contributed by atoms with E-state index in [1.54, 1.807) is 0 Å². The number of hydrogen-bond donors (Lipinski definition) is 0. The quantitative estimate of drug-likeness (QED) is 0.601. The zero-order valence-corrected chi connectivity index (χ0v) is 8.69. The van der Waals surface area contributed by atoms with Crippen molar-refractivity contribution in [2.75, 3.05) is 13.6 Å². The van der Waals surface area contributed by atoms with Crippen molar-refractivity contribution in [3.8, 4) is 0 Å². The Bertz CT molecular complexity index is 429. The Kier molecular flexibility index (Phi) is 1.68. The molecule has 1 unspecified atom stereocenters. The maximum atomic E-state index is 11.7. The predicted molar refractivity (Wildman–Crippen MR) is 55.4 cm³/mol. The van der Waals surface area contributed by atoms with Crippen molar-refractivity contribution in [1.29, 1.82) is 0 Å². The lowest BCUT2D eigenvalue weighted by Crippen LogP contribution is -2.38. The van der Waals surface area contributed by atoms with Gasteiger partial charge in [-0.05, 0) is 19.5 Å². The van der Waals surface area contributed by atoms with Gasteiger partial charge in [-0.1, -0.05) is 18.2 Å². The summed E-state index contributed by atoms with van der Waals surface area (Å²) in [6, 6.07) is 7.70. The fourth-order valence-corrected chi connectivity index (χ4v) is 2.66. The van der Waals surface area contributed by atoms with Crippen LogP contribution in [0, 0.1) is 0 Å². The normalized spacial score (nSPS) is 29.5. The molecule has 2 aliphatic heterocycles. The van der Waals surface area contributed by atoms with Crippen LogP contribution >= 0.6 is 0 Å². The van der Waals surface area contributed by atoms with Crippen LogP contribution in [-0.2, 0) is 10.5 Å². The molecule has 3 nitrogen and oxygen atoms in total. The van der Waals surface area contributed by atoms with Crippen LogP contribution in [-0.4, -0.2) is 24.5 Å². The van der Waals surface area contributed by atoms with Crippen LogP contribution in [0.1, 0.15) is 28.8 Å². The molecule has 2 aliphatic rings. The van der Waals surface area contributed by atoms with E-state index in [0.717, 1.165) is 30.5 Å². The number of likely N-dealkylation sites (tertiary alicyclic amines) is 1. The van der Waals surface area contributed by atoms with E-state index in [-0.39, 0.29) is 5.97 Å². The second-order valence-corrected chi connectivity index (χ2v) is 4.24. The first kappa shape index (κ1) is 8.92. The molecule has 3 rings (SSSR count). The number of ether oxygens (including phenoxy) is 1. The van der Waals surface area contributed by atoms with E-state index in [2.05, 4.69) is 4.90 Å². The summed E-state index contributed by atoms with van der Waals surface area (Å²) < 4.78 is 5.58. The molecule has 1 atom stereocenters. The number of carbonyl (C=O) groups excluding carboxylic acids is 1. The topological polar surface area (TPSA) is 29.5 Å². The lowest BCUT2D eigenvalue weighted by atomic mass is 9.98. The lowest BCUT2D eigenvalue weighted by molar-refractivity contribution is -0.0797. The number of nitrogens with zero attached hydrogens (tertiary/aromatic N) is 1. The summed E-state index contributed by atoms with van der Waals surface area (Å²) in [6.45, 7) is 0.988. The van der Waals surface area contributed by atoms with Crippen molar-refractivity contribution in [3.05, 3.63) is 35.4 Å². The third-order valence-electron chi connectivity index (χ3n) is 3.46. The number of esters is 1. The summed E-state index contributed by atoms with van der Waals surface area (Å²) in [6.07, 6.45) is 1.99. The fourth-order valence-electron chi connectivity index (χ4n) is 2.66. The van der Waals surface area contributed by atoms with Gasteiger partial charge in [-0.25, -0.2) is 4.79 Å². The molecule has 1 spiro atoms. The second kappa shape index (κ2) is 2.83. The van der Waals surface area contributed by atoms with Crippen molar-refractivity contribution in [2.24, 2.45) is 0 Å². The van der Waals surface area contributed by atoms with Crippen LogP contribution in [0.4, 0.5) is 0 Å². The molecule has 0 bridgehead atoms. The van der Waals surface area contributed by atoms with E-state index in [9.17, 15) is 4.79 Å². The first-order valence-electron chi connectivity index (χ1n) is 5.28. The molecule has 2 heterocycles. The van der Waals surface area contributed by atoms with Gasteiger partial charge in [0, 0.05) is 18.5 Å². The Labute approximate surface area is 88.6 Å². The van der Waals surface area contributed by atoms with E-state index >= 15 is 0 Å². The number of fused-ring (bicyclic) bond motifs is 2. The van der Waals surface area contributed by atoms with Crippen molar-refractivity contribution in [2.45, 2.75) is 18.6 Å². The summed E-state index contributed by atoms with van der Waals surface area (Å²) in [5.74, 6) is -0.181. The number of carbonyl (C=O) groups is 1. The molecule has 0 aromatic heterocycles. The molecule has 0 aliphatic carbocycles. The molecule has 1 aromatic rings. The minimum atomic E-state index is -0.465. The van der Waals surface area contributed by atoms with Crippen LogP contribution in [0.2, 0.25) is 0 Å². The maximum absolute atomic E-state index is 11.7. The van der Waals surface area contributed by atoms with Gasteiger partial charge in [0.15, 0.2) is 5.72 Å². The highest BCUT2D eigenvalue weighted by Gasteiger charge is 2.50. The molecule has 3 heteroatoms. The van der Waals surface area contributed by atoms with E-state index in [0.29, 0.717) is 0 Å². The Morgan fingerprint density at radius 3 is 2.93 bits per heavy atom. The van der Waals surface area contributed by atoms with E-state index in [1.807, 2.05) is 31.3 Å². The highest BCUT2D eigenvalue weighted by Crippen LogP contribution is 2.45. The standard InChI is InChI=1S/C12H13NO2/c1-13-8-4-7-12(13)10-6-3-2-5-9(10)11(14)15-12/h2-3,5-6H,4,7-8H2,1H3. The molecular weight excluding hydrogens is 190 g/mol. The molecule has 78 valence electrons. The SMILES string of the molecule is CN1CCCC12OC(=O)c1ccccc12. The Balaban J connectivity index is 2.19. The van der Waals surface area contributed by atoms with Crippen molar-refractivity contribution in [1.82, 2.24) is 4.90 Å². The highest BCUT2D eigenvalue weighted by atomic mass is 16.6. The summed E-state index contributed by atoms with van der Waals surface area (Å²) in [5.41, 5.74) is 1.30. The number of hydrogen-bond acceptors (Lipinski definition) is 3. The van der Waals surface area contributed by atoms with Crippen molar-refractivity contribution >= 4 is 5.97 Å². The van der Waals surface area contributed by atoms with Crippen LogP contribution in [0.25, 0.3) is 0 Å². The third-order valence-corrected chi connectivity index (χ3v) is 3.46. The predicted octanol–water partition coefficient (Wildman–Crippen LogP) is 1.74. The fraction of sp³-hybridized carbons (Fsp3) is 0.417. The molecule has 1 fully saturated rings. The van der Waals surface area contributed by atoms with E-state index in [4.69, 9.17) is 4.74 Å². The largest absolute Gasteiger partial charge is 0.436 e. The smallest absolute Gasteiger partial charge is 0.340 e. The number of benzene rings is 1. The highest BCUT2D eigenvalue weighted by molar-refractivity contribution is 5.94. The molecule has 1 saturated heterocycles.